The molecule has 1 aromatic heterocycles. The first-order valence-corrected chi connectivity index (χ1v) is 8.37. The molecule has 0 spiro atoms. The Kier molecular flexibility index (Phi) is 5.92. The van der Waals surface area contributed by atoms with Crippen LogP contribution in [0.5, 0.6) is 0 Å². The number of esters is 1. The lowest BCUT2D eigenvalue weighted by Gasteiger charge is -2.19. The zero-order valence-corrected chi connectivity index (χ0v) is 15.4. The molecule has 3 heteroatoms. The first kappa shape index (κ1) is 18.7. The number of pyridine rings is 1. The average Bonchev–Trinajstić information content (AvgIpc) is 2.62. The molecule has 0 aliphatic rings. The summed E-state index contributed by atoms with van der Waals surface area (Å²) in [5.74, 6) is -0.385. The van der Waals surface area contributed by atoms with Gasteiger partial charge in [0, 0.05) is 11.8 Å². The van der Waals surface area contributed by atoms with Gasteiger partial charge in [-0.05, 0) is 35.6 Å². The van der Waals surface area contributed by atoms with Crippen LogP contribution in [0.2, 0.25) is 0 Å². The van der Waals surface area contributed by atoms with Gasteiger partial charge in [-0.2, -0.15) is 0 Å². The fraction of sp³-hybridized carbons (Fsp3) is 0.273. The molecule has 3 nitrogen and oxygen atoms in total. The molecule has 2 aromatic rings. The molecule has 0 bridgehead atoms. The summed E-state index contributed by atoms with van der Waals surface area (Å²) in [4.78, 5) is 16.9. The van der Waals surface area contributed by atoms with Gasteiger partial charge in [0.1, 0.15) is 6.61 Å². The van der Waals surface area contributed by atoms with Crippen LogP contribution < -0.4 is 0 Å². The minimum atomic E-state index is -0.385. The van der Waals surface area contributed by atoms with E-state index in [4.69, 9.17) is 4.74 Å². The van der Waals surface area contributed by atoms with Crippen molar-refractivity contribution in [3.63, 3.8) is 0 Å². The summed E-state index contributed by atoms with van der Waals surface area (Å²) in [6.07, 6.45) is 5.24. The largest absolute Gasteiger partial charge is 0.457 e. The van der Waals surface area contributed by atoms with Crippen LogP contribution in [0.4, 0.5) is 0 Å². The molecule has 0 fully saturated rings. The predicted molar refractivity (Wildman–Crippen MR) is 103 cm³/mol. The molecule has 130 valence electrons. The lowest BCUT2D eigenvalue weighted by atomic mass is 9.86. The fourth-order valence-corrected chi connectivity index (χ4v) is 2.41. The van der Waals surface area contributed by atoms with Crippen LogP contribution in [-0.4, -0.2) is 17.6 Å². The summed E-state index contributed by atoms with van der Waals surface area (Å²) in [5, 5.41) is 0. The van der Waals surface area contributed by atoms with E-state index in [1.165, 1.54) is 5.56 Å². The number of nitrogens with zero attached hydrogens (tertiary/aromatic N) is 1. The molecule has 2 rings (SSSR count). The third kappa shape index (κ3) is 4.66. The molecule has 0 saturated carbocycles. The van der Waals surface area contributed by atoms with Crippen LogP contribution in [0.1, 0.15) is 43.6 Å². The smallest absolute Gasteiger partial charge is 0.340 e. The summed E-state index contributed by atoms with van der Waals surface area (Å²) in [6.45, 7) is 12.3. The zero-order valence-electron chi connectivity index (χ0n) is 15.4. The molecule has 0 unspecified atom stereocenters. The zero-order chi connectivity index (χ0) is 18.4. The molecular formula is C22H25NO2. The highest BCUT2D eigenvalue weighted by Crippen LogP contribution is 2.27. The van der Waals surface area contributed by atoms with Crippen LogP contribution in [0.25, 0.3) is 11.3 Å². The summed E-state index contributed by atoms with van der Waals surface area (Å²) >= 11 is 0. The number of ether oxygens (including phenoxy) is 1. The molecule has 0 radical (unpaired) electrons. The van der Waals surface area contributed by atoms with Gasteiger partial charge in [0.15, 0.2) is 0 Å². The number of benzene rings is 1. The van der Waals surface area contributed by atoms with E-state index in [9.17, 15) is 4.79 Å². The Labute approximate surface area is 150 Å². The van der Waals surface area contributed by atoms with E-state index in [2.05, 4.69) is 44.5 Å². The van der Waals surface area contributed by atoms with E-state index in [0.29, 0.717) is 11.3 Å². The third-order valence-corrected chi connectivity index (χ3v) is 4.05. The summed E-state index contributed by atoms with van der Waals surface area (Å²) in [5.41, 5.74) is 4.18. The van der Waals surface area contributed by atoms with Crippen LogP contribution in [0, 0.1) is 0 Å². The van der Waals surface area contributed by atoms with Gasteiger partial charge in [-0.15, -0.1) is 0 Å². The Morgan fingerprint density at radius 2 is 1.88 bits per heavy atom. The Morgan fingerprint density at radius 1 is 1.20 bits per heavy atom. The van der Waals surface area contributed by atoms with Crippen molar-refractivity contribution >= 4 is 5.97 Å². The molecule has 0 amide bonds. The van der Waals surface area contributed by atoms with Crippen LogP contribution in [0.15, 0.2) is 66.9 Å². The van der Waals surface area contributed by atoms with Gasteiger partial charge in [0.25, 0.3) is 0 Å². The van der Waals surface area contributed by atoms with Gasteiger partial charge in [-0.1, -0.05) is 63.8 Å². The predicted octanol–water partition coefficient (Wildman–Crippen LogP) is 5.34. The molecule has 0 aliphatic carbocycles. The number of carbonyl (C=O) groups is 1. The van der Waals surface area contributed by atoms with E-state index in [1.54, 1.807) is 24.4 Å². The van der Waals surface area contributed by atoms with Crippen molar-refractivity contribution in [1.82, 2.24) is 4.98 Å². The normalized spacial score (nSPS) is 11.9. The van der Waals surface area contributed by atoms with E-state index in [1.807, 2.05) is 25.1 Å². The van der Waals surface area contributed by atoms with Crippen molar-refractivity contribution in [2.45, 2.75) is 33.1 Å². The summed E-state index contributed by atoms with van der Waals surface area (Å²) < 4.78 is 5.39. The van der Waals surface area contributed by atoms with Crippen molar-refractivity contribution in [3.8, 4) is 11.3 Å². The van der Waals surface area contributed by atoms with Gasteiger partial charge in [-0.3, -0.25) is 4.98 Å². The van der Waals surface area contributed by atoms with E-state index in [-0.39, 0.29) is 18.0 Å². The molecule has 1 aromatic carbocycles. The Hall–Kier alpha value is -2.68. The number of rotatable bonds is 5. The van der Waals surface area contributed by atoms with Crippen molar-refractivity contribution in [2.24, 2.45) is 0 Å². The standard InChI is InChI=1S/C22H25NO2/c1-6-16(7-2)15-25-21(24)19-9-8-14-23-20(19)17-10-12-18(13-11-17)22(3,4)5/h6-14H,1,15H2,2-5H3/b16-7+. The summed E-state index contributed by atoms with van der Waals surface area (Å²) in [7, 11) is 0. The maximum absolute atomic E-state index is 12.5. The number of carbonyl (C=O) groups excluding carboxylic acids is 1. The third-order valence-electron chi connectivity index (χ3n) is 4.05. The highest BCUT2D eigenvalue weighted by atomic mass is 16.5. The van der Waals surface area contributed by atoms with E-state index in [0.717, 1.165) is 11.1 Å². The van der Waals surface area contributed by atoms with E-state index < -0.39 is 0 Å². The Morgan fingerprint density at radius 3 is 2.44 bits per heavy atom. The maximum atomic E-state index is 12.5. The quantitative estimate of drug-likeness (QED) is 0.547. The molecule has 1 heterocycles. The van der Waals surface area contributed by atoms with Crippen LogP contribution in [-0.2, 0) is 10.2 Å². The van der Waals surface area contributed by atoms with E-state index >= 15 is 0 Å². The minimum absolute atomic E-state index is 0.0813. The second-order valence-corrected chi connectivity index (χ2v) is 6.87. The first-order chi connectivity index (χ1) is 11.9. The lowest BCUT2D eigenvalue weighted by Crippen LogP contribution is -2.11. The first-order valence-electron chi connectivity index (χ1n) is 8.37. The van der Waals surface area contributed by atoms with Gasteiger partial charge in [0.2, 0.25) is 0 Å². The molecule has 0 aliphatic heterocycles. The molecule has 0 saturated heterocycles. The van der Waals surface area contributed by atoms with Gasteiger partial charge < -0.3 is 4.74 Å². The second kappa shape index (κ2) is 7.93. The maximum Gasteiger partial charge on any atom is 0.340 e. The van der Waals surface area contributed by atoms with Crippen molar-refractivity contribution in [2.75, 3.05) is 6.61 Å². The van der Waals surface area contributed by atoms with Crippen LogP contribution >= 0.6 is 0 Å². The highest BCUT2D eigenvalue weighted by Gasteiger charge is 2.17. The van der Waals surface area contributed by atoms with Gasteiger partial charge >= 0.3 is 5.97 Å². The highest BCUT2D eigenvalue weighted by molar-refractivity contribution is 5.96. The number of hydrogen-bond donors (Lipinski definition) is 0. The molecular weight excluding hydrogens is 310 g/mol. The number of aromatic nitrogens is 1. The lowest BCUT2D eigenvalue weighted by molar-refractivity contribution is 0.0543. The number of allylic oxidation sites excluding steroid dienone is 1. The Bertz CT molecular complexity index is 780. The molecule has 0 N–H and O–H groups in total. The minimum Gasteiger partial charge on any atom is -0.457 e. The summed E-state index contributed by atoms with van der Waals surface area (Å²) in [6, 6.07) is 11.6. The average molecular weight is 335 g/mol. The topological polar surface area (TPSA) is 39.2 Å². The van der Waals surface area contributed by atoms with Crippen molar-refractivity contribution in [3.05, 3.63) is 78.0 Å². The molecule has 0 atom stereocenters. The van der Waals surface area contributed by atoms with Crippen LogP contribution in [0.3, 0.4) is 0 Å². The van der Waals surface area contributed by atoms with Crippen molar-refractivity contribution < 1.29 is 9.53 Å². The van der Waals surface area contributed by atoms with Gasteiger partial charge in [0.05, 0.1) is 11.3 Å². The fourth-order valence-electron chi connectivity index (χ4n) is 2.41. The van der Waals surface area contributed by atoms with Crippen molar-refractivity contribution in [1.29, 1.82) is 0 Å². The second-order valence-electron chi connectivity index (χ2n) is 6.87. The Balaban J connectivity index is 2.29. The molecule has 25 heavy (non-hydrogen) atoms. The number of hydrogen-bond acceptors (Lipinski definition) is 3. The SMILES string of the molecule is C=C/C(=C\C)COC(=O)c1cccnc1-c1ccc(C(C)(C)C)cc1. The monoisotopic (exact) mass is 335 g/mol. The van der Waals surface area contributed by atoms with Gasteiger partial charge in [-0.25, -0.2) is 4.79 Å².